The van der Waals surface area contributed by atoms with Gasteiger partial charge >= 0.3 is 11.9 Å². The van der Waals surface area contributed by atoms with Crippen LogP contribution in [0, 0.1) is 108 Å². The molecule has 1 heterocycles. The van der Waals surface area contributed by atoms with Crippen LogP contribution >= 0.6 is 0 Å². The number of para-hydroxylation sites is 1. The molecule has 0 aliphatic heterocycles. The predicted molar refractivity (Wildman–Crippen MR) is 201 cm³/mol. The second-order valence-electron chi connectivity index (χ2n) is 11.7. The fraction of sp³-hybridized carbons (Fsp3) is 0.136. The van der Waals surface area contributed by atoms with Crippen molar-refractivity contribution < 1.29 is 28.7 Å². The number of nitrogens with zero attached hydrogens (tertiary/aromatic N) is 3. The smallest absolute Gasteiger partial charge is 0.352 e. The minimum absolute atomic E-state index is 0.0682. The van der Waals surface area contributed by atoms with Gasteiger partial charge in [-0.25, -0.2) is 9.59 Å². The van der Waals surface area contributed by atoms with Gasteiger partial charge in [0, 0.05) is 52.5 Å². The molecule has 0 spiro atoms. The van der Waals surface area contributed by atoms with E-state index in [0.717, 1.165) is 4.80 Å². The van der Waals surface area contributed by atoms with Gasteiger partial charge < -0.3 is 14.8 Å². The number of terminal acetylenes is 1. The van der Waals surface area contributed by atoms with E-state index >= 15 is 0 Å². The quantitative estimate of drug-likeness (QED) is 0.129. The van der Waals surface area contributed by atoms with Crippen molar-refractivity contribution in [2.75, 3.05) is 5.32 Å². The van der Waals surface area contributed by atoms with Crippen LogP contribution in [0.25, 0.3) is 11.0 Å². The molecule has 10 nitrogen and oxygen atoms in total. The summed E-state index contributed by atoms with van der Waals surface area (Å²) in [4.78, 5) is 54.0. The fourth-order valence-corrected chi connectivity index (χ4v) is 4.19. The van der Waals surface area contributed by atoms with Crippen LogP contribution in [-0.2, 0) is 14.3 Å². The highest BCUT2D eigenvalue weighted by atomic mass is 16.5. The number of hydrogen-bond acceptors (Lipinski definition) is 8. The van der Waals surface area contributed by atoms with E-state index in [1.807, 2.05) is 0 Å². The summed E-state index contributed by atoms with van der Waals surface area (Å²) in [6.07, 6.45) is 7.15. The predicted octanol–water partition coefficient (Wildman–Crippen LogP) is 4.53. The van der Waals surface area contributed by atoms with Crippen molar-refractivity contribution in [3.05, 3.63) is 83.4 Å². The molecule has 54 heavy (non-hydrogen) atoms. The highest BCUT2D eigenvalue weighted by molar-refractivity contribution is 6.11. The number of esters is 2. The molecule has 0 aliphatic rings. The van der Waals surface area contributed by atoms with Crippen molar-refractivity contribution in [1.29, 1.82) is 0 Å². The molecule has 1 amide bonds. The summed E-state index contributed by atoms with van der Waals surface area (Å²) in [5.74, 6) is 31.3. The number of hydrogen-bond donors (Lipinski definition) is 1. The minimum Gasteiger partial charge on any atom is -0.423 e. The molecule has 0 fully saturated rings. The number of ketones is 1. The number of Topliss-reactive ketones (excluding diaryl/α,β-unsaturated/α-hetero) is 1. The molecule has 3 aromatic carbocycles. The van der Waals surface area contributed by atoms with Gasteiger partial charge in [0.1, 0.15) is 22.9 Å². The number of amides is 1. The summed E-state index contributed by atoms with van der Waals surface area (Å²) in [6.45, 7) is 6.71. The lowest BCUT2D eigenvalue weighted by Crippen LogP contribution is -2.39. The summed E-state index contributed by atoms with van der Waals surface area (Å²) >= 11 is 0. The number of rotatable bonds is 7. The van der Waals surface area contributed by atoms with E-state index in [4.69, 9.17) is 15.9 Å². The molecule has 0 radical (unpaired) electrons. The number of anilines is 1. The summed E-state index contributed by atoms with van der Waals surface area (Å²) < 4.78 is 10.4. The van der Waals surface area contributed by atoms with Gasteiger partial charge in [-0.15, -0.1) is 6.42 Å². The Morgan fingerprint density at radius 1 is 0.704 bits per heavy atom. The van der Waals surface area contributed by atoms with Gasteiger partial charge in [0.2, 0.25) is 6.04 Å². The second kappa shape index (κ2) is 18.6. The lowest BCUT2D eigenvalue weighted by atomic mass is 9.86. The average Bonchev–Trinajstić information content (AvgIpc) is 3.57. The lowest BCUT2D eigenvalue weighted by molar-refractivity contribution is -0.136. The molecule has 0 aliphatic carbocycles. The van der Waals surface area contributed by atoms with E-state index in [-0.39, 0.29) is 22.3 Å². The number of fused-ring (bicyclic) bond motifs is 1. The molecule has 0 bridgehead atoms. The van der Waals surface area contributed by atoms with Gasteiger partial charge in [0.05, 0.1) is 11.1 Å². The third kappa shape index (κ3) is 11.1. The second-order valence-corrected chi connectivity index (χ2v) is 11.7. The van der Waals surface area contributed by atoms with Gasteiger partial charge in [0.25, 0.3) is 5.91 Å². The Hall–Kier alpha value is -8.38. The number of nitrogens with one attached hydrogen (secondary N) is 1. The van der Waals surface area contributed by atoms with Crippen LogP contribution in [0.3, 0.4) is 0 Å². The van der Waals surface area contributed by atoms with Crippen molar-refractivity contribution in [2.45, 2.75) is 33.7 Å². The summed E-state index contributed by atoms with van der Waals surface area (Å²) in [5.41, 5.74) is 0.729. The molecular formula is C44H26N4O6. The average molecular weight is 707 g/mol. The van der Waals surface area contributed by atoms with Crippen molar-refractivity contribution in [1.82, 2.24) is 15.0 Å². The third-order valence-corrected chi connectivity index (χ3v) is 6.80. The first kappa shape index (κ1) is 38.4. The Morgan fingerprint density at radius 2 is 1.26 bits per heavy atom. The zero-order valence-corrected chi connectivity index (χ0v) is 29.3. The van der Waals surface area contributed by atoms with E-state index in [9.17, 15) is 19.2 Å². The molecule has 1 aromatic heterocycles. The highest BCUT2D eigenvalue weighted by Gasteiger charge is 2.38. The maximum absolute atomic E-state index is 13.8. The van der Waals surface area contributed by atoms with Crippen LogP contribution in [0.2, 0.25) is 0 Å². The van der Waals surface area contributed by atoms with Crippen LogP contribution in [0.1, 0.15) is 53.1 Å². The molecule has 258 valence electrons. The van der Waals surface area contributed by atoms with Gasteiger partial charge in [0.15, 0.2) is 5.78 Å². The van der Waals surface area contributed by atoms with Crippen LogP contribution in [-0.4, -0.2) is 38.6 Å². The standard InChI is InChI=1S/C44H26N4O6/c1-6-7-8-9-10-11-12-13-14-15-16-17-18-22-29-53-42(51)33-26-25-32(2)37(30-33)45-41(50)39(40(49)44(3,4)5)48-46-36-28-27-34(31-38(36)47-48)43(52)54-35-23-20-19-21-24-35/h1,19-21,23-28,30-31,39H,2-5H3,(H,45,50). The van der Waals surface area contributed by atoms with Crippen LogP contribution in [0.4, 0.5) is 5.69 Å². The first-order valence-corrected chi connectivity index (χ1v) is 15.7. The number of carbonyl (C=O) groups is 4. The largest absolute Gasteiger partial charge is 0.423 e. The third-order valence-electron chi connectivity index (χ3n) is 6.80. The Bertz CT molecular complexity index is 2660. The molecule has 1 atom stereocenters. The topological polar surface area (TPSA) is 129 Å². The van der Waals surface area contributed by atoms with Crippen molar-refractivity contribution in [2.24, 2.45) is 5.41 Å². The van der Waals surface area contributed by atoms with Crippen molar-refractivity contribution >= 4 is 40.3 Å². The molecule has 10 heteroatoms. The highest BCUT2D eigenvalue weighted by Crippen LogP contribution is 2.27. The molecular weight excluding hydrogens is 681 g/mol. The SMILES string of the molecule is C#CC#CC#CC#CC#CC#CC#CC#COC(=O)c1ccc(C)c(NC(=O)C(C(=O)C(C)(C)C)n2nc3ccc(C(=O)Oc4ccccc4)cc3n2)c1. The monoisotopic (exact) mass is 706 g/mol. The number of aromatic nitrogens is 3. The van der Waals surface area contributed by atoms with Crippen LogP contribution < -0.4 is 10.1 Å². The Labute approximate surface area is 312 Å². The Kier molecular flexibility index (Phi) is 13.2. The zero-order chi connectivity index (χ0) is 38.9. The van der Waals surface area contributed by atoms with Gasteiger partial charge in [-0.1, -0.05) is 45.0 Å². The van der Waals surface area contributed by atoms with Crippen LogP contribution in [0.5, 0.6) is 5.75 Å². The summed E-state index contributed by atoms with van der Waals surface area (Å²) in [5, 5.41) is 11.5. The maximum Gasteiger partial charge on any atom is 0.352 e. The molecule has 1 unspecified atom stereocenters. The zero-order valence-electron chi connectivity index (χ0n) is 29.3. The van der Waals surface area contributed by atoms with Crippen LogP contribution in [0.15, 0.2) is 66.7 Å². The van der Waals surface area contributed by atoms with Crippen molar-refractivity contribution in [3.63, 3.8) is 0 Å². The van der Waals surface area contributed by atoms with Gasteiger partial charge in [-0.2, -0.15) is 15.0 Å². The molecule has 4 rings (SSSR count). The van der Waals surface area contributed by atoms with Gasteiger partial charge in [-0.05, 0) is 96.4 Å². The Morgan fingerprint density at radius 3 is 1.87 bits per heavy atom. The molecule has 0 saturated heterocycles. The minimum atomic E-state index is -1.50. The molecule has 4 aromatic rings. The fourth-order valence-electron chi connectivity index (χ4n) is 4.19. The normalized spacial score (nSPS) is 9.76. The summed E-state index contributed by atoms with van der Waals surface area (Å²) in [6, 6.07) is 16.1. The summed E-state index contributed by atoms with van der Waals surface area (Å²) in [7, 11) is 0. The first-order chi connectivity index (χ1) is 26.0. The molecule has 0 saturated carbocycles. The van der Waals surface area contributed by atoms with E-state index in [1.165, 1.54) is 24.3 Å². The number of benzene rings is 3. The first-order valence-electron chi connectivity index (χ1n) is 15.7. The number of ether oxygens (including phenoxy) is 2. The Balaban J connectivity index is 1.47. The van der Waals surface area contributed by atoms with E-state index in [1.54, 1.807) is 70.2 Å². The van der Waals surface area contributed by atoms with E-state index in [0.29, 0.717) is 16.8 Å². The number of aryl methyl sites for hydroxylation is 1. The number of carbonyl (C=O) groups excluding carboxylic acids is 4. The lowest BCUT2D eigenvalue weighted by Gasteiger charge is -2.23. The van der Waals surface area contributed by atoms with E-state index in [2.05, 4.69) is 105 Å². The van der Waals surface area contributed by atoms with Gasteiger partial charge in [-0.3, -0.25) is 9.59 Å². The van der Waals surface area contributed by atoms with E-state index < -0.39 is 35.1 Å². The maximum atomic E-state index is 13.8. The molecule has 1 N–H and O–H groups in total. The van der Waals surface area contributed by atoms with Crippen molar-refractivity contribution in [3.8, 4) is 101 Å².